The van der Waals surface area contributed by atoms with Gasteiger partial charge in [0.2, 0.25) is 11.8 Å². The summed E-state index contributed by atoms with van der Waals surface area (Å²) in [6.07, 6.45) is 4.17. The van der Waals surface area contributed by atoms with Crippen LogP contribution in [0.4, 0.5) is 0 Å². The maximum absolute atomic E-state index is 12.2. The Morgan fingerprint density at radius 2 is 2.39 bits per heavy atom. The van der Waals surface area contributed by atoms with E-state index >= 15 is 0 Å². The number of amides is 2. The Kier molecular flexibility index (Phi) is 3.93. The second-order valence-electron chi connectivity index (χ2n) is 4.34. The number of nitrogens with one attached hydrogen (secondary N) is 1. The Hall–Kier alpha value is -1.89. The lowest BCUT2D eigenvalue weighted by atomic mass is 10.2. The number of nitrogens with two attached hydrogens (primary N) is 1. The van der Waals surface area contributed by atoms with Crippen LogP contribution in [-0.4, -0.2) is 52.2 Å². The first-order chi connectivity index (χ1) is 8.66. The minimum atomic E-state index is -0.490. The van der Waals surface area contributed by atoms with Gasteiger partial charge in [-0.05, 0) is 19.0 Å². The molecule has 2 rings (SSSR count). The van der Waals surface area contributed by atoms with Gasteiger partial charge in [0, 0.05) is 25.0 Å². The summed E-state index contributed by atoms with van der Waals surface area (Å²) in [4.78, 5) is 24.8. The third-order valence-electron chi connectivity index (χ3n) is 2.98. The van der Waals surface area contributed by atoms with Gasteiger partial charge in [-0.25, -0.2) is 0 Å². The molecule has 0 aromatic carbocycles. The van der Waals surface area contributed by atoms with Crippen molar-refractivity contribution in [2.75, 3.05) is 19.6 Å². The van der Waals surface area contributed by atoms with E-state index in [1.807, 2.05) is 0 Å². The number of carbonyl (C=O) groups excluding carboxylic acids is 2. The van der Waals surface area contributed by atoms with Gasteiger partial charge < -0.3 is 16.0 Å². The Bertz CT molecular complexity index is 411. The molecule has 1 saturated heterocycles. The summed E-state index contributed by atoms with van der Waals surface area (Å²) in [6, 6.07) is 1.79. The number of carbonyl (C=O) groups is 2. The molecule has 1 atom stereocenters. The van der Waals surface area contributed by atoms with Crippen molar-refractivity contribution in [1.82, 2.24) is 20.0 Å². The number of hydrogen-bond acceptors (Lipinski definition) is 4. The normalized spacial score (nSPS) is 18.8. The molecule has 18 heavy (non-hydrogen) atoms. The highest BCUT2D eigenvalue weighted by Crippen LogP contribution is 2.09. The SMILES string of the molecule is NC(=O)CN(C(=O)Cn1cccn1)C1CCNC1. The van der Waals surface area contributed by atoms with E-state index in [1.54, 1.807) is 28.0 Å². The first kappa shape index (κ1) is 12.6. The van der Waals surface area contributed by atoms with Gasteiger partial charge in [-0.1, -0.05) is 0 Å². The van der Waals surface area contributed by atoms with E-state index in [0.717, 1.165) is 13.0 Å². The fourth-order valence-electron chi connectivity index (χ4n) is 2.12. The second-order valence-corrected chi connectivity index (χ2v) is 4.34. The van der Waals surface area contributed by atoms with Crippen molar-refractivity contribution in [1.29, 1.82) is 0 Å². The predicted molar refractivity (Wildman–Crippen MR) is 64.4 cm³/mol. The maximum Gasteiger partial charge on any atom is 0.245 e. The molecule has 1 fully saturated rings. The zero-order valence-corrected chi connectivity index (χ0v) is 10.1. The summed E-state index contributed by atoms with van der Waals surface area (Å²) in [5.41, 5.74) is 5.20. The van der Waals surface area contributed by atoms with Gasteiger partial charge in [-0.3, -0.25) is 14.3 Å². The highest BCUT2D eigenvalue weighted by molar-refractivity contribution is 5.84. The van der Waals surface area contributed by atoms with Gasteiger partial charge >= 0.3 is 0 Å². The molecule has 7 heteroatoms. The van der Waals surface area contributed by atoms with Crippen LogP contribution in [0.2, 0.25) is 0 Å². The van der Waals surface area contributed by atoms with Gasteiger partial charge in [0.15, 0.2) is 0 Å². The van der Waals surface area contributed by atoms with E-state index in [-0.39, 0.29) is 25.0 Å². The molecule has 2 amide bonds. The third-order valence-corrected chi connectivity index (χ3v) is 2.98. The highest BCUT2D eigenvalue weighted by Gasteiger charge is 2.27. The number of primary amides is 1. The monoisotopic (exact) mass is 251 g/mol. The summed E-state index contributed by atoms with van der Waals surface area (Å²) >= 11 is 0. The fraction of sp³-hybridized carbons (Fsp3) is 0.545. The Morgan fingerprint density at radius 1 is 1.56 bits per heavy atom. The zero-order valence-electron chi connectivity index (χ0n) is 10.1. The van der Waals surface area contributed by atoms with Crippen LogP contribution in [0, 0.1) is 0 Å². The van der Waals surface area contributed by atoms with E-state index in [1.165, 1.54) is 0 Å². The molecule has 1 aliphatic rings. The summed E-state index contributed by atoms with van der Waals surface area (Å²) < 4.78 is 1.54. The first-order valence-corrected chi connectivity index (χ1v) is 5.92. The van der Waals surface area contributed by atoms with Crippen LogP contribution in [0.15, 0.2) is 18.5 Å². The van der Waals surface area contributed by atoms with Gasteiger partial charge in [0.1, 0.15) is 6.54 Å². The molecular formula is C11H17N5O2. The molecule has 7 nitrogen and oxygen atoms in total. The minimum absolute atomic E-state index is 0.0353. The van der Waals surface area contributed by atoms with Crippen LogP contribution in [0.1, 0.15) is 6.42 Å². The molecule has 98 valence electrons. The molecule has 0 aliphatic carbocycles. The number of hydrogen-bond donors (Lipinski definition) is 2. The molecule has 1 aromatic rings. The quantitative estimate of drug-likeness (QED) is 0.670. The first-order valence-electron chi connectivity index (χ1n) is 5.92. The molecule has 0 saturated carbocycles. The van der Waals surface area contributed by atoms with Crippen molar-refractivity contribution >= 4 is 11.8 Å². The molecule has 1 aliphatic heterocycles. The number of aromatic nitrogens is 2. The van der Waals surface area contributed by atoms with Crippen LogP contribution in [0.3, 0.4) is 0 Å². The number of nitrogens with zero attached hydrogens (tertiary/aromatic N) is 3. The van der Waals surface area contributed by atoms with Crippen molar-refractivity contribution in [2.45, 2.75) is 19.0 Å². The average Bonchev–Trinajstić information content (AvgIpc) is 2.97. The highest BCUT2D eigenvalue weighted by atomic mass is 16.2. The molecule has 3 N–H and O–H groups in total. The van der Waals surface area contributed by atoms with Gasteiger partial charge in [0.25, 0.3) is 0 Å². The zero-order chi connectivity index (χ0) is 13.0. The largest absolute Gasteiger partial charge is 0.368 e. The molecular weight excluding hydrogens is 234 g/mol. The second kappa shape index (κ2) is 5.63. The van der Waals surface area contributed by atoms with Crippen molar-refractivity contribution in [3.63, 3.8) is 0 Å². The van der Waals surface area contributed by atoms with Crippen LogP contribution < -0.4 is 11.1 Å². The van der Waals surface area contributed by atoms with E-state index in [0.29, 0.717) is 6.54 Å². The Balaban J connectivity index is 2.02. The summed E-state index contributed by atoms with van der Waals surface area (Å²) in [7, 11) is 0. The van der Waals surface area contributed by atoms with Gasteiger partial charge in [0.05, 0.1) is 6.54 Å². The van der Waals surface area contributed by atoms with Gasteiger partial charge in [-0.2, -0.15) is 5.10 Å². The molecule has 0 spiro atoms. The fourth-order valence-corrected chi connectivity index (χ4v) is 2.12. The average molecular weight is 251 g/mol. The molecule has 0 radical (unpaired) electrons. The molecule has 0 bridgehead atoms. The van der Waals surface area contributed by atoms with Gasteiger partial charge in [-0.15, -0.1) is 0 Å². The summed E-state index contributed by atoms with van der Waals surface area (Å²) in [5, 5.41) is 7.15. The Labute approximate surface area is 105 Å². The summed E-state index contributed by atoms with van der Waals surface area (Å²) in [5.74, 6) is -0.623. The van der Waals surface area contributed by atoms with Crippen LogP contribution in [0.5, 0.6) is 0 Å². The van der Waals surface area contributed by atoms with Crippen LogP contribution in [-0.2, 0) is 16.1 Å². The third kappa shape index (κ3) is 3.07. The molecule has 1 aromatic heterocycles. The van der Waals surface area contributed by atoms with Crippen molar-refractivity contribution in [2.24, 2.45) is 5.73 Å². The lowest BCUT2D eigenvalue weighted by Crippen LogP contribution is -2.47. The van der Waals surface area contributed by atoms with Crippen molar-refractivity contribution < 1.29 is 9.59 Å². The topological polar surface area (TPSA) is 93.3 Å². The minimum Gasteiger partial charge on any atom is -0.368 e. The lowest BCUT2D eigenvalue weighted by molar-refractivity contribution is -0.137. The standard InChI is InChI=1S/C11H17N5O2/c12-10(17)7-16(9-2-4-13-6-9)11(18)8-15-5-1-3-14-15/h1,3,5,9,13H,2,4,6-8H2,(H2,12,17). The van der Waals surface area contributed by atoms with E-state index in [4.69, 9.17) is 5.73 Å². The van der Waals surface area contributed by atoms with Crippen molar-refractivity contribution in [3.05, 3.63) is 18.5 Å². The van der Waals surface area contributed by atoms with Crippen LogP contribution >= 0.6 is 0 Å². The van der Waals surface area contributed by atoms with E-state index in [2.05, 4.69) is 10.4 Å². The molecule has 1 unspecified atom stereocenters. The lowest BCUT2D eigenvalue weighted by Gasteiger charge is -2.27. The van der Waals surface area contributed by atoms with Crippen molar-refractivity contribution in [3.8, 4) is 0 Å². The smallest absolute Gasteiger partial charge is 0.245 e. The predicted octanol–water partition coefficient (Wildman–Crippen LogP) is -1.44. The van der Waals surface area contributed by atoms with Crippen LogP contribution in [0.25, 0.3) is 0 Å². The number of rotatable bonds is 5. The van der Waals surface area contributed by atoms with E-state index < -0.39 is 5.91 Å². The maximum atomic E-state index is 12.2. The Morgan fingerprint density at radius 3 is 2.94 bits per heavy atom. The molecule has 2 heterocycles. The van der Waals surface area contributed by atoms with E-state index in [9.17, 15) is 9.59 Å². The summed E-state index contributed by atoms with van der Waals surface area (Å²) in [6.45, 7) is 1.66.